The number of thiophene rings is 1. The lowest BCUT2D eigenvalue weighted by atomic mass is 10.3. The third-order valence-corrected chi connectivity index (χ3v) is 5.28. The van der Waals surface area contributed by atoms with Gasteiger partial charge in [-0.25, -0.2) is 0 Å². The standard InChI is InChI=1S/C9H12Br2N2O2S2/c1-2-15-9(14)5(12)4-13-17-6-3-7(10)16-8(6)11/h3,5,13H,2,4,12H2,1H3. The summed E-state index contributed by atoms with van der Waals surface area (Å²) < 4.78 is 9.93. The van der Waals surface area contributed by atoms with Crippen molar-refractivity contribution in [2.24, 2.45) is 5.73 Å². The van der Waals surface area contributed by atoms with Crippen molar-refractivity contribution in [2.45, 2.75) is 17.9 Å². The van der Waals surface area contributed by atoms with Crippen LogP contribution in [0.15, 0.2) is 18.5 Å². The summed E-state index contributed by atoms with van der Waals surface area (Å²) >= 11 is 9.86. The van der Waals surface area contributed by atoms with E-state index in [0.29, 0.717) is 13.2 Å². The molecule has 17 heavy (non-hydrogen) atoms. The SMILES string of the molecule is CCOC(=O)C(N)CNSc1cc(Br)sc1Br. The second-order valence-corrected chi connectivity index (χ2v) is 7.68. The van der Waals surface area contributed by atoms with Crippen LogP contribution in [0.2, 0.25) is 0 Å². The Balaban J connectivity index is 2.32. The van der Waals surface area contributed by atoms with E-state index in [2.05, 4.69) is 36.6 Å². The number of carbonyl (C=O) groups excluding carboxylic acids is 1. The Labute approximate surface area is 125 Å². The van der Waals surface area contributed by atoms with Crippen molar-refractivity contribution >= 4 is 61.1 Å². The van der Waals surface area contributed by atoms with Gasteiger partial charge in [0.2, 0.25) is 0 Å². The van der Waals surface area contributed by atoms with Gasteiger partial charge in [0, 0.05) is 11.4 Å². The molecule has 1 aromatic heterocycles. The molecule has 0 amide bonds. The van der Waals surface area contributed by atoms with Crippen LogP contribution in [-0.2, 0) is 9.53 Å². The fraction of sp³-hybridized carbons (Fsp3) is 0.444. The number of ether oxygens (including phenoxy) is 1. The molecule has 1 heterocycles. The van der Waals surface area contributed by atoms with Crippen LogP contribution < -0.4 is 10.5 Å². The monoisotopic (exact) mass is 402 g/mol. The van der Waals surface area contributed by atoms with E-state index in [4.69, 9.17) is 10.5 Å². The molecule has 1 atom stereocenters. The summed E-state index contributed by atoms with van der Waals surface area (Å²) in [5.41, 5.74) is 5.64. The topological polar surface area (TPSA) is 64.3 Å². The lowest BCUT2D eigenvalue weighted by Gasteiger charge is -2.10. The Morgan fingerprint density at radius 1 is 1.71 bits per heavy atom. The van der Waals surface area contributed by atoms with Gasteiger partial charge in [-0.2, -0.15) is 0 Å². The normalized spacial score (nSPS) is 12.5. The summed E-state index contributed by atoms with van der Waals surface area (Å²) in [4.78, 5) is 12.3. The summed E-state index contributed by atoms with van der Waals surface area (Å²) in [5.74, 6) is -0.383. The van der Waals surface area contributed by atoms with Crippen molar-refractivity contribution in [3.8, 4) is 0 Å². The van der Waals surface area contributed by atoms with Crippen LogP contribution in [0.4, 0.5) is 0 Å². The molecule has 0 aromatic carbocycles. The van der Waals surface area contributed by atoms with Gasteiger partial charge < -0.3 is 10.5 Å². The first kappa shape index (κ1) is 15.5. The Kier molecular flexibility index (Phi) is 7.05. The van der Waals surface area contributed by atoms with E-state index >= 15 is 0 Å². The third kappa shape index (κ3) is 5.27. The van der Waals surface area contributed by atoms with Crippen molar-refractivity contribution in [1.82, 2.24) is 4.72 Å². The zero-order valence-electron chi connectivity index (χ0n) is 9.04. The molecule has 96 valence electrons. The molecule has 0 saturated carbocycles. The van der Waals surface area contributed by atoms with Crippen molar-refractivity contribution in [2.75, 3.05) is 13.2 Å². The average molecular weight is 404 g/mol. The zero-order chi connectivity index (χ0) is 12.8. The first-order chi connectivity index (χ1) is 8.04. The summed E-state index contributed by atoms with van der Waals surface area (Å²) in [6.07, 6.45) is 0. The molecule has 1 unspecified atom stereocenters. The molecule has 4 nitrogen and oxygen atoms in total. The highest BCUT2D eigenvalue weighted by atomic mass is 79.9. The smallest absolute Gasteiger partial charge is 0.324 e. The fourth-order valence-corrected chi connectivity index (χ4v) is 4.84. The molecule has 0 fully saturated rings. The summed E-state index contributed by atoms with van der Waals surface area (Å²) in [6, 6.07) is 1.35. The predicted octanol–water partition coefficient (Wildman–Crippen LogP) is 2.76. The molecular weight excluding hydrogens is 392 g/mol. The average Bonchev–Trinajstić information content (AvgIpc) is 2.57. The van der Waals surface area contributed by atoms with E-state index in [-0.39, 0.29) is 5.97 Å². The van der Waals surface area contributed by atoms with Crippen molar-refractivity contribution in [3.05, 3.63) is 13.6 Å². The van der Waals surface area contributed by atoms with Gasteiger partial charge in [0.05, 0.1) is 14.2 Å². The molecular formula is C9H12Br2N2O2S2. The van der Waals surface area contributed by atoms with Gasteiger partial charge in [-0.1, -0.05) is 0 Å². The molecule has 3 N–H and O–H groups in total. The number of nitrogens with one attached hydrogen (secondary N) is 1. The molecule has 1 rings (SSSR count). The minimum Gasteiger partial charge on any atom is -0.465 e. The highest BCUT2D eigenvalue weighted by molar-refractivity contribution is 9.12. The number of carbonyl (C=O) groups is 1. The van der Waals surface area contributed by atoms with Crippen LogP contribution >= 0.6 is 55.1 Å². The lowest BCUT2D eigenvalue weighted by molar-refractivity contribution is -0.144. The van der Waals surface area contributed by atoms with Crippen LogP contribution in [-0.4, -0.2) is 25.2 Å². The van der Waals surface area contributed by atoms with Crippen LogP contribution in [0, 0.1) is 0 Å². The van der Waals surface area contributed by atoms with Crippen LogP contribution in [0.1, 0.15) is 6.92 Å². The highest BCUT2D eigenvalue weighted by Crippen LogP contribution is 2.36. The number of hydrogen-bond donors (Lipinski definition) is 2. The van der Waals surface area contributed by atoms with Gasteiger partial charge in [0.1, 0.15) is 6.04 Å². The maximum Gasteiger partial charge on any atom is 0.324 e. The van der Waals surface area contributed by atoms with E-state index in [0.717, 1.165) is 12.5 Å². The second kappa shape index (κ2) is 7.75. The molecule has 8 heteroatoms. The van der Waals surface area contributed by atoms with Crippen molar-refractivity contribution < 1.29 is 9.53 Å². The van der Waals surface area contributed by atoms with Gasteiger partial charge in [-0.3, -0.25) is 9.52 Å². The van der Waals surface area contributed by atoms with E-state index in [1.54, 1.807) is 18.3 Å². The van der Waals surface area contributed by atoms with E-state index in [1.807, 2.05) is 6.07 Å². The van der Waals surface area contributed by atoms with Crippen molar-refractivity contribution in [3.63, 3.8) is 0 Å². The first-order valence-electron chi connectivity index (χ1n) is 4.81. The molecule has 0 saturated heterocycles. The summed E-state index contributed by atoms with van der Waals surface area (Å²) in [7, 11) is 0. The largest absolute Gasteiger partial charge is 0.465 e. The van der Waals surface area contributed by atoms with Crippen LogP contribution in [0.25, 0.3) is 0 Å². The van der Waals surface area contributed by atoms with Gasteiger partial charge in [-0.15, -0.1) is 11.3 Å². The molecule has 0 bridgehead atoms. The van der Waals surface area contributed by atoms with Crippen molar-refractivity contribution in [1.29, 1.82) is 0 Å². The van der Waals surface area contributed by atoms with E-state index < -0.39 is 6.04 Å². The van der Waals surface area contributed by atoms with Gasteiger partial charge in [-0.05, 0) is 56.8 Å². The Bertz CT molecular complexity index is 387. The van der Waals surface area contributed by atoms with Gasteiger partial charge >= 0.3 is 5.97 Å². The number of halogens is 2. The van der Waals surface area contributed by atoms with Crippen LogP contribution in [0.5, 0.6) is 0 Å². The van der Waals surface area contributed by atoms with Gasteiger partial charge in [0.25, 0.3) is 0 Å². The number of esters is 1. The number of rotatable bonds is 6. The molecule has 0 radical (unpaired) electrons. The Morgan fingerprint density at radius 2 is 2.41 bits per heavy atom. The maximum absolute atomic E-state index is 11.2. The molecule has 0 aliphatic carbocycles. The zero-order valence-corrected chi connectivity index (χ0v) is 13.8. The van der Waals surface area contributed by atoms with Gasteiger partial charge in [0.15, 0.2) is 0 Å². The Morgan fingerprint density at radius 3 is 2.94 bits per heavy atom. The van der Waals surface area contributed by atoms with E-state index in [1.165, 1.54) is 11.9 Å². The maximum atomic E-state index is 11.2. The first-order valence-corrected chi connectivity index (χ1v) is 8.03. The second-order valence-electron chi connectivity index (χ2n) is 3.00. The molecule has 0 aliphatic heterocycles. The molecule has 0 aliphatic rings. The molecule has 1 aromatic rings. The fourth-order valence-electron chi connectivity index (χ4n) is 0.937. The lowest BCUT2D eigenvalue weighted by Crippen LogP contribution is -2.39. The predicted molar refractivity (Wildman–Crippen MR) is 78.2 cm³/mol. The minimum atomic E-state index is -0.636. The number of nitrogens with two attached hydrogens (primary N) is 1. The third-order valence-electron chi connectivity index (χ3n) is 1.70. The minimum absolute atomic E-state index is 0.350. The highest BCUT2D eigenvalue weighted by Gasteiger charge is 2.14. The number of hydrogen-bond acceptors (Lipinski definition) is 6. The Hall–Kier alpha value is 0.400. The van der Waals surface area contributed by atoms with Crippen LogP contribution in [0.3, 0.4) is 0 Å². The van der Waals surface area contributed by atoms with E-state index in [9.17, 15) is 4.79 Å². The quantitative estimate of drug-likeness (QED) is 0.564. The summed E-state index contributed by atoms with van der Waals surface area (Å²) in [6.45, 7) is 2.47. The summed E-state index contributed by atoms with van der Waals surface area (Å²) in [5, 5.41) is 0. The molecule has 0 spiro atoms.